The van der Waals surface area contributed by atoms with Crippen LogP contribution < -0.4 is 5.73 Å². The minimum Gasteiger partial charge on any atom is -0.330 e. The van der Waals surface area contributed by atoms with Crippen LogP contribution in [0.3, 0.4) is 0 Å². The van der Waals surface area contributed by atoms with Crippen molar-refractivity contribution in [2.24, 2.45) is 12.8 Å². The zero-order chi connectivity index (χ0) is 12.3. The first-order valence-electron chi connectivity index (χ1n) is 5.83. The standard InChI is InChI=1S/C11H18N6/c1-3-9-6-11(16(2)14-9)8-17-7-10(4-5-12)13-15-17/h6-7H,3-5,8,12H2,1-2H3. The molecule has 2 aromatic heterocycles. The minimum absolute atomic E-state index is 0.602. The molecule has 0 aliphatic carbocycles. The third-order valence-electron chi connectivity index (χ3n) is 2.70. The van der Waals surface area contributed by atoms with Crippen LogP contribution in [0.4, 0.5) is 0 Å². The summed E-state index contributed by atoms with van der Waals surface area (Å²) in [6, 6.07) is 2.10. The van der Waals surface area contributed by atoms with Crippen molar-refractivity contribution in [2.75, 3.05) is 6.54 Å². The van der Waals surface area contributed by atoms with Crippen molar-refractivity contribution in [3.05, 3.63) is 29.3 Å². The molecule has 2 heterocycles. The van der Waals surface area contributed by atoms with E-state index in [9.17, 15) is 0 Å². The Morgan fingerprint density at radius 2 is 2.18 bits per heavy atom. The summed E-state index contributed by atoms with van der Waals surface area (Å²) in [4.78, 5) is 0. The van der Waals surface area contributed by atoms with E-state index in [-0.39, 0.29) is 0 Å². The molecule has 0 radical (unpaired) electrons. The van der Waals surface area contributed by atoms with Crippen molar-refractivity contribution in [3.63, 3.8) is 0 Å². The predicted molar refractivity (Wildman–Crippen MR) is 64.5 cm³/mol. The monoisotopic (exact) mass is 234 g/mol. The van der Waals surface area contributed by atoms with Gasteiger partial charge in [-0.1, -0.05) is 12.1 Å². The number of nitrogens with zero attached hydrogens (tertiary/aromatic N) is 5. The van der Waals surface area contributed by atoms with E-state index in [4.69, 9.17) is 5.73 Å². The molecule has 2 N–H and O–H groups in total. The minimum atomic E-state index is 0.602. The van der Waals surface area contributed by atoms with Gasteiger partial charge in [-0.3, -0.25) is 4.68 Å². The van der Waals surface area contributed by atoms with E-state index in [0.29, 0.717) is 13.1 Å². The highest BCUT2D eigenvalue weighted by atomic mass is 15.4. The van der Waals surface area contributed by atoms with Crippen molar-refractivity contribution < 1.29 is 0 Å². The fourth-order valence-corrected chi connectivity index (χ4v) is 1.74. The summed E-state index contributed by atoms with van der Waals surface area (Å²) < 4.78 is 3.71. The summed E-state index contributed by atoms with van der Waals surface area (Å²) in [5.74, 6) is 0. The number of rotatable bonds is 5. The van der Waals surface area contributed by atoms with Crippen molar-refractivity contribution in [3.8, 4) is 0 Å². The smallest absolute Gasteiger partial charge is 0.0846 e. The molecule has 17 heavy (non-hydrogen) atoms. The lowest BCUT2D eigenvalue weighted by Gasteiger charge is -2.00. The molecule has 0 unspecified atom stereocenters. The van der Waals surface area contributed by atoms with E-state index >= 15 is 0 Å². The molecular weight excluding hydrogens is 216 g/mol. The fraction of sp³-hybridized carbons (Fsp3) is 0.545. The second-order valence-electron chi connectivity index (χ2n) is 4.05. The van der Waals surface area contributed by atoms with Crippen LogP contribution in [0.15, 0.2) is 12.3 Å². The van der Waals surface area contributed by atoms with Crippen molar-refractivity contribution in [2.45, 2.75) is 26.3 Å². The van der Waals surface area contributed by atoms with Crippen LogP contribution in [0.1, 0.15) is 24.0 Å². The Balaban J connectivity index is 2.10. The van der Waals surface area contributed by atoms with Gasteiger partial charge in [-0.05, 0) is 19.0 Å². The van der Waals surface area contributed by atoms with Gasteiger partial charge in [0.25, 0.3) is 0 Å². The third kappa shape index (κ3) is 2.71. The molecule has 0 fully saturated rings. The number of hydrogen-bond donors (Lipinski definition) is 1. The molecule has 2 rings (SSSR count). The molecule has 0 aliphatic heterocycles. The SMILES string of the molecule is CCc1cc(Cn2cc(CCN)nn2)n(C)n1. The average molecular weight is 234 g/mol. The summed E-state index contributed by atoms with van der Waals surface area (Å²) in [5.41, 5.74) is 8.64. The molecular formula is C11H18N6. The van der Waals surface area contributed by atoms with E-state index in [0.717, 1.165) is 29.9 Å². The van der Waals surface area contributed by atoms with Crippen LogP contribution in [0.2, 0.25) is 0 Å². The maximum atomic E-state index is 5.48. The lowest BCUT2D eigenvalue weighted by Crippen LogP contribution is -2.06. The van der Waals surface area contributed by atoms with Crippen molar-refractivity contribution in [1.29, 1.82) is 0 Å². The highest BCUT2D eigenvalue weighted by Crippen LogP contribution is 2.06. The molecule has 0 amide bonds. The van der Waals surface area contributed by atoms with Crippen molar-refractivity contribution in [1.82, 2.24) is 24.8 Å². The Morgan fingerprint density at radius 1 is 1.35 bits per heavy atom. The van der Waals surface area contributed by atoms with Gasteiger partial charge in [0, 0.05) is 19.7 Å². The molecule has 6 nitrogen and oxygen atoms in total. The highest BCUT2D eigenvalue weighted by molar-refractivity contribution is 5.10. The first kappa shape index (κ1) is 11.8. The molecule has 92 valence electrons. The van der Waals surface area contributed by atoms with Gasteiger partial charge in [-0.25, -0.2) is 4.68 Å². The lowest BCUT2D eigenvalue weighted by atomic mass is 10.3. The molecule has 0 atom stereocenters. The zero-order valence-electron chi connectivity index (χ0n) is 10.3. The number of nitrogens with two attached hydrogens (primary N) is 1. The Kier molecular flexibility index (Phi) is 3.53. The largest absolute Gasteiger partial charge is 0.330 e. The molecule has 0 saturated carbocycles. The first-order chi connectivity index (χ1) is 8.22. The molecule has 0 saturated heterocycles. The van der Waals surface area contributed by atoms with Gasteiger partial charge < -0.3 is 5.73 Å². The molecule has 6 heteroatoms. The van der Waals surface area contributed by atoms with E-state index in [1.54, 1.807) is 0 Å². The van der Waals surface area contributed by atoms with E-state index in [1.807, 2.05) is 22.6 Å². The van der Waals surface area contributed by atoms with Gasteiger partial charge in [-0.15, -0.1) is 5.10 Å². The van der Waals surface area contributed by atoms with Crippen LogP contribution in [0.25, 0.3) is 0 Å². The Hall–Kier alpha value is -1.69. The molecule has 0 aromatic carbocycles. The second-order valence-corrected chi connectivity index (χ2v) is 4.05. The second kappa shape index (κ2) is 5.09. The normalized spacial score (nSPS) is 11.0. The fourth-order valence-electron chi connectivity index (χ4n) is 1.74. The summed E-state index contributed by atoms with van der Waals surface area (Å²) in [6.07, 6.45) is 3.65. The Bertz CT molecular complexity index is 484. The lowest BCUT2D eigenvalue weighted by molar-refractivity contribution is 0.598. The van der Waals surface area contributed by atoms with Gasteiger partial charge in [0.2, 0.25) is 0 Å². The maximum absolute atomic E-state index is 5.48. The molecule has 0 spiro atoms. The number of hydrogen-bond acceptors (Lipinski definition) is 4. The first-order valence-corrected chi connectivity index (χ1v) is 5.83. The van der Waals surface area contributed by atoms with Crippen LogP contribution in [0, 0.1) is 0 Å². The number of aromatic nitrogens is 5. The van der Waals surface area contributed by atoms with Crippen LogP contribution >= 0.6 is 0 Å². The Morgan fingerprint density at radius 3 is 2.82 bits per heavy atom. The summed E-state index contributed by atoms with van der Waals surface area (Å²) in [7, 11) is 1.95. The average Bonchev–Trinajstić information content (AvgIpc) is 2.88. The van der Waals surface area contributed by atoms with Gasteiger partial charge in [0.1, 0.15) is 0 Å². The van der Waals surface area contributed by atoms with Gasteiger partial charge in [0.05, 0.1) is 23.6 Å². The van der Waals surface area contributed by atoms with Gasteiger partial charge in [-0.2, -0.15) is 5.10 Å². The summed E-state index contributed by atoms with van der Waals surface area (Å²) in [6.45, 7) is 3.40. The van der Waals surface area contributed by atoms with Gasteiger partial charge in [0.15, 0.2) is 0 Å². The third-order valence-corrected chi connectivity index (χ3v) is 2.70. The molecule has 0 aliphatic rings. The maximum Gasteiger partial charge on any atom is 0.0846 e. The Labute approximate surface area is 100 Å². The molecule has 2 aromatic rings. The highest BCUT2D eigenvalue weighted by Gasteiger charge is 2.06. The number of aryl methyl sites for hydroxylation is 2. The topological polar surface area (TPSA) is 74.6 Å². The van der Waals surface area contributed by atoms with Crippen LogP contribution in [-0.2, 0) is 26.4 Å². The van der Waals surface area contributed by atoms with E-state index in [1.165, 1.54) is 0 Å². The van der Waals surface area contributed by atoms with Crippen LogP contribution in [0.5, 0.6) is 0 Å². The summed E-state index contributed by atoms with van der Waals surface area (Å²) in [5, 5.41) is 12.5. The van der Waals surface area contributed by atoms with Crippen LogP contribution in [-0.4, -0.2) is 31.3 Å². The molecule has 0 bridgehead atoms. The quantitative estimate of drug-likeness (QED) is 0.797. The van der Waals surface area contributed by atoms with Crippen molar-refractivity contribution >= 4 is 0 Å². The summed E-state index contributed by atoms with van der Waals surface area (Å²) >= 11 is 0. The van der Waals surface area contributed by atoms with E-state index < -0.39 is 0 Å². The zero-order valence-corrected chi connectivity index (χ0v) is 10.3. The van der Waals surface area contributed by atoms with E-state index in [2.05, 4.69) is 28.4 Å². The van der Waals surface area contributed by atoms with Gasteiger partial charge >= 0.3 is 0 Å². The predicted octanol–water partition coefficient (Wildman–Crippen LogP) is 0.123.